The van der Waals surface area contributed by atoms with Crippen molar-refractivity contribution in [3.05, 3.63) is 61.2 Å². The number of hydrogen-bond donors (Lipinski definition) is 0. The molecule has 0 N–H and O–H groups in total. The predicted molar refractivity (Wildman–Crippen MR) is 300 cm³/mol. The highest BCUT2D eigenvalue weighted by molar-refractivity contribution is 4.88. The van der Waals surface area contributed by atoms with Crippen LogP contribution in [0.4, 0.5) is 0 Å². The zero-order valence-corrected chi connectivity index (χ0v) is 48.1. The van der Waals surface area contributed by atoms with Crippen LogP contribution in [0.2, 0.25) is 0 Å². The van der Waals surface area contributed by atoms with Crippen LogP contribution >= 0.6 is 0 Å². The van der Waals surface area contributed by atoms with Gasteiger partial charge in [0.15, 0.2) is 12.4 Å². The van der Waals surface area contributed by atoms with Gasteiger partial charge in [-0.05, 0) is 85.2 Å². The standard InChI is InChI=1S/C6H8N.2C6H12.C5H5N.4C5H10.2C4H8.4C3H8/c1-7-5-3-2-4-6-7;2*1-5-3-6(2)4-5;1-2-4-6-5-3-1;4*1-5-3-2-4-5;2*1-2-4-3-1;4*1-3-2/h2-6H,1H3;2*5-6H,3-4H2,1-2H3;1-5H;4*5H,2-4H2,1H3;2*1-4H2;4*3H2,1-2H3/q+1;;;;;;;;;;;;;. The van der Waals surface area contributed by atoms with Gasteiger partial charge in [-0.2, -0.15) is 0 Å². The van der Waals surface area contributed by atoms with Crippen LogP contribution in [-0.4, -0.2) is 4.98 Å². The van der Waals surface area contributed by atoms with E-state index in [1.165, 1.54) is 180 Å². The van der Waals surface area contributed by atoms with Gasteiger partial charge in [0.1, 0.15) is 7.05 Å². The SMILES string of the molecule is C1CCC1.C1CCC1.CC1CC(C)C1.CC1CC(C)C1.CC1CCC1.CC1CCC1.CC1CCC1.CC1CCC1.CCC.CCC.CCC.CCC.C[n+]1ccccc1.c1ccncc1. The van der Waals surface area contributed by atoms with Gasteiger partial charge in [-0.15, -0.1) is 0 Å². The van der Waals surface area contributed by atoms with Crippen molar-refractivity contribution in [1.29, 1.82) is 0 Å². The average Bonchev–Trinajstić information content (AvgIpc) is 3.17. The molecule has 8 aliphatic rings. The van der Waals surface area contributed by atoms with Crippen molar-refractivity contribution in [1.82, 2.24) is 4.98 Å². The molecule has 2 heterocycles. The molecule has 0 aromatic carbocycles. The van der Waals surface area contributed by atoms with Gasteiger partial charge in [0.25, 0.3) is 0 Å². The molecule has 8 saturated carbocycles. The quantitative estimate of drug-likeness (QED) is 0.241. The molecule has 0 saturated heterocycles. The first-order chi connectivity index (χ1) is 31.2. The van der Waals surface area contributed by atoms with Crippen molar-refractivity contribution in [2.45, 2.75) is 291 Å². The van der Waals surface area contributed by atoms with E-state index in [0.29, 0.717) is 0 Å². The second-order valence-corrected chi connectivity index (χ2v) is 21.7. The predicted octanol–water partition coefficient (Wildman–Crippen LogP) is 21.7. The molecule has 10 rings (SSSR count). The molecule has 2 aromatic heterocycles. The van der Waals surface area contributed by atoms with E-state index in [0.717, 1.165) is 47.3 Å². The van der Waals surface area contributed by atoms with Crippen LogP contribution in [0, 0.1) is 47.3 Å². The summed E-state index contributed by atoms with van der Waals surface area (Å²) in [4.78, 5) is 3.78. The largest absolute Gasteiger partial charge is 0.265 e. The molecular weight excluding hydrogens is 785 g/mol. The zero-order chi connectivity index (χ0) is 49.8. The molecule has 2 heteroatoms. The second kappa shape index (κ2) is 56.6. The van der Waals surface area contributed by atoms with Crippen molar-refractivity contribution in [3.63, 3.8) is 0 Å². The van der Waals surface area contributed by atoms with E-state index in [2.05, 4.69) is 116 Å². The molecule has 386 valence electrons. The Balaban J connectivity index is -0.000000311. The van der Waals surface area contributed by atoms with Crippen LogP contribution in [0.1, 0.15) is 291 Å². The summed E-state index contributed by atoms with van der Waals surface area (Å²) in [5.74, 6) is 8.43. The first-order valence-corrected chi connectivity index (χ1v) is 29.0. The molecule has 0 atom stereocenters. The maximum Gasteiger partial charge on any atom is 0.168 e. The van der Waals surface area contributed by atoms with E-state index < -0.39 is 0 Å². The number of aromatic nitrogens is 2. The van der Waals surface area contributed by atoms with E-state index in [9.17, 15) is 0 Å². The Bertz CT molecular complexity index is 908. The third-order valence-electron chi connectivity index (χ3n) is 12.2. The van der Waals surface area contributed by atoms with Crippen molar-refractivity contribution in [2.75, 3.05) is 0 Å². The molecule has 0 bridgehead atoms. The Morgan fingerprint density at radius 2 is 0.492 bits per heavy atom. The summed E-state index contributed by atoms with van der Waals surface area (Å²) in [6.07, 6.45) is 48.2. The minimum absolute atomic E-state index is 1.04. The Hall–Kier alpha value is -1.70. The highest BCUT2D eigenvalue weighted by atomic mass is 14.9. The van der Waals surface area contributed by atoms with Gasteiger partial charge in [-0.1, -0.05) is 277 Å². The first kappa shape index (κ1) is 69.9. The molecule has 8 fully saturated rings. The fourth-order valence-corrected chi connectivity index (χ4v) is 6.36. The summed E-state index contributed by atoms with van der Waals surface area (Å²) in [6.45, 7) is 35.5. The molecule has 0 amide bonds. The number of aryl methyl sites for hydroxylation is 1. The number of nitrogens with zero attached hydrogens (tertiary/aromatic N) is 2. The molecule has 0 unspecified atom stereocenters. The number of pyridine rings is 2. The van der Waals surface area contributed by atoms with Crippen molar-refractivity contribution >= 4 is 0 Å². The van der Waals surface area contributed by atoms with E-state index in [-0.39, 0.29) is 0 Å². The molecule has 0 spiro atoms. The van der Waals surface area contributed by atoms with Crippen LogP contribution in [0.15, 0.2) is 61.2 Å². The molecule has 65 heavy (non-hydrogen) atoms. The lowest BCUT2D eigenvalue weighted by molar-refractivity contribution is -0.671. The van der Waals surface area contributed by atoms with Gasteiger partial charge >= 0.3 is 0 Å². The third-order valence-corrected chi connectivity index (χ3v) is 12.2. The molecule has 0 aliphatic heterocycles. The summed E-state index contributed by atoms with van der Waals surface area (Å²) < 4.78 is 2.00. The van der Waals surface area contributed by atoms with Gasteiger partial charge in [0.05, 0.1) is 0 Å². The first-order valence-electron chi connectivity index (χ1n) is 29.0. The molecule has 8 aliphatic carbocycles. The lowest BCUT2D eigenvalue weighted by Crippen LogP contribution is -2.25. The van der Waals surface area contributed by atoms with Gasteiger partial charge in [-0.25, -0.2) is 4.57 Å². The lowest BCUT2D eigenvalue weighted by atomic mass is 9.78. The van der Waals surface area contributed by atoms with Gasteiger partial charge in [0, 0.05) is 24.5 Å². The monoisotopic (exact) mass is 910 g/mol. The summed E-state index contributed by atoms with van der Waals surface area (Å²) in [6, 6.07) is 11.7. The van der Waals surface area contributed by atoms with Crippen molar-refractivity contribution in [3.8, 4) is 0 Å². The smallest absolute Gasteiger partial charge is 0.168 e. The Labute approximate surface area is 414 Å². The van der Waals surface area contributed by atoms with E-state index in [1.807, 2.05) is 60.4 Å². The summed E-state index contributed by atoms with van der Waals surface area (Å²) in [5, 5.41) is 0. The van der Waals surface area contributed by atoms with E-state index >= 15 is 0 Å². The maximum absolute atomic E-state index is 3.78. The number of hydrogen-bond acceptors (Lipinski definition) is 1. The lowest BCUT2D eigenvalue weighted by Gasteiger charge is -2.28. The van der Waals surface area contributed by atoms with E-state index in [4.69, 9.17) is 0 Å². The minimum Gasteiger partial charge on any atom is -0.265 e. The van der Waals surface area contributed by atoms with Crippen LogP contribution in [0.25, 0.3) is 0 Å². The molecule has 2 nitrogen and oxygen atoms in total. The molecular formula is C63H125N2+. The second-order valence-electron chi connectivity index (χ2n) is 21.7. The Morgan fingerprint density at radius 3 is 0.538 bits per heavy atom. The summed E-state index contributed by atoms with van der Waals surface area (Å²) in [7, 11) is 2.00. The fraction of sp³-hybridized carbons (Fsp3) is 0.841. The Morgan fingerprint density at radius 1 is 0.308 bits per heavy atom. The number of rotatable bonds is 0. The average molecular weight is 911 g/mol. The van der Waals surface area contributed by atoms with Crippen LogP contribution in [0.5, 0.6) is 0 Å². The zero-order valence-electron chi connectivity index (χ0n) is 48.1. The highest BCUT2D eigenvalue weighted by Gasteiger charge is 2.20. The van der Waals surface area contributed by atoms with E-state index in [1.54, 1.807) is 12.4 Å². The fourth-order valence-electron chi connectivity index (χ4n) is 6.36. The van der Waals surface area contributed by atoms with Gasteiger partial charge in [0.2, 0.25) is 0 Å². The summed E-state index contributed by atoms with van der Waals surface area (Å²) >= 11 is 0. The van der Waals surface area contributed by atoms with Crippen molar-refractivity contribution < 1.29 is 4.57 Å². The van der Waals surface area contributed by atoms with Crippen LogP contribution in [0.3, 0.4) is 0 Å². The van der Waals surface area contributed by atoms with Crippen LogP contribution < -0.4 is 4.57 Å². The van der Waals surface area contributed by atoms with Gasteiger partial charge in [-0.3, -0.25) is 4.98 Å². The molecule has 0 radical (unpaired) electrons. The summed E-state index contributed by atoms with van der Waals surface area (Å²) in [5.41, 5.74) is 0. The minimum atomic E-state index is 1.04. The maximum atomic E-state index is 3.78. The normalized spacial score (nSPS) is 22.0. The topological polar surface area (TPSA) is 16.8 Å². The Kier molecular flexibility index (Phi) is 60.9. The van der Waals surface area contributed by atoms with Crippen LogP contribution in [-0.2, 0) is 7.05 Å². The third kappa shape index (κ3) is 62.3. The highest BCUT2D eigenvalue weighted by Crippen LogP contribution is 2.32. The van der Waals surface area contributed by atoms with Crippen molar-refractivity contribution in [2.24, 2.45) is 54.4 Å². The molecule has 2 aromatic rings. The van der Waals surface area contributed by atoms with Gasteiger partial charge < -0.3 is 0 Å².